The number of amides is 1. The molecule has 1 amide bonds. The first-order chi connectivity index (χ1) is 15.2. The number of methoxy groups -OCH3 is 1. The maximum atomic E-state index is 12.5. The average Bonchev–Trinajstić information content (AvgIpc) is 3.50. The van der Waals surface area contributed by atoms with Gasteiger partial charge in [0.05, 0.1) is 35.7 Å². The van der Waals surface area contributed by atoms with Crippen LogP contribution in [0, 0.1) is 0 Å². The van der Waals surface area contributed by atoms with E-state index in [1.807, 2.05) is 60.0 Å². The van der Waals surface area contributed by atoms with Crippen LogP contribution in [-0.4, -0.2) is 29.4 Å². The molecule has 7 nitrogen and oxygen atoms in total. The van der Waals surface area contributed by atoms with Gasteiger partial charge in [-0.2, -0.15) is 10.2 Å². The zero-order valence-electron chi connectivity index (χ0n) is 16.7. The summed E-state index contributed by atoms with van der Waals surface area (Å²) in [4.78, 5) is 13.4. The van der Waals surface area contributed by atoms with E-state index in [1.54, 1.807) is 19.4 Å². The van der Waals surface area contributed by atoms with Gasteiger partial charge in [0.25, 0.3) is 5.91 Å². The van der Waals surface area contributed by atoms with Crippen LogP contribution in [-0.2, 0) is 6.61 Å². The lowest BCUT2D eigenvalue weighted by Crippen LogP contribution is -2.17. The smallest absolute Gasteiger partial charge is 0.275 e. The molecule has 0 spiro atoms. The van der Waals surface area contributed by atoms with E-state index >= 15 is 0 Å². The van der Waals surface area contributed by atoms with Crippen LogP contribution in [0.15, 0.2) is 77.3 Å². The summed E-state index contributed by atoms with van der Waals surface area (Å²) in [6.07, 6.45) is 3.04. The number of carbonyl (C=O) groups is 1. The number of aromatic nitrogens is 2. The van der Waals surface area contributed by atoms with Gasteiger partial charge in [0, 0.05) is 0 Å². The molecule has 2 aromatic heterocycles. The minimum atomic E-state index is -0.345. The van der Waals surface area contributed by atoms with Crippen molar-refractivity contribution in [3.63, 3.8) is 0 Å². The highest BCUT2D eigenvalue weighted by atomic mass is 32.1. The van der Waals surface area contributed by atoms with Crippen LogP contribution in [0.2, 0.25) is 0 Å². The van der Waals surface area contributed by atoms with Crippen LogP contribution < -0.4 is 14.9 Å². The maximum Gasteiger partial charge on any atom is 0.275 e. The van der Waals surface area contributed by atoms with Crippen molar-refractivity contribution >= 4 is 23.5 Å². The minimum Gasteiger partial charge on any atom is -0.493 e. The molecule has 0 aliphatic heterocycles. The molecule has 0 saturated heterocycles. The Morgan fingerprint density at radius 2 is 2.03 bits per heavy atom. The van der Waals surface area contributed by atoms with Crippen LogP contribution in [0.25, 0.3) is 10.6 Å². The highest BCUT2D eigenvalue weighted by Gasteiger charge is 2.15. The molecule has 4 rings (SSSR count). The molecule has 0 saturated carbocycles. The first-order valence-corrected chi connectivity index (χ1v) is 10.4. The van der Waals surface area contributed by atoms with Crippen LogP contribution in [0.3, 0.4) is 0 Å². The molecule has 0 radical (unpaired) electrons. The van der Waals surface area contributed by atoms with E-state index in [-0.39, 0.29) is 5.91 Å². The zero-order valence-corrected chi connectivity index (χ0v) is 17.6. The van der Waals surface area contributed by atoms with E-state index < -0.39 is 0 Å². The fourth-order valence-corrected chi connectivity index (χ4v) is 3.65. The van der Waals surface area contributed by atoms with Gasteiger partial charge in [-0.1, -0.05) is 36.4 Å². The number of benzene rings is 2. The highest BCUT2D eigenvalue weighted by Crippen LogP contribution is 2.28. The van der Waals surface area contributed by atoms with Gasteiger partial charge in [0.1, 0.15) is 6.61 Å². The largest absolute Gasteiger partial charge is 0.493 e. The summed E-state index contributed by atoms with van der Waals surface area (Å²) in [7, 11) is 1.59. The van der Waals surface area contributed by atoms with Crippen molar-refractivity contribution in [3.05, 3.63) is 88.9 Å². The fourth-order valence-electron chi connectivity index (χ4n) is 2.91. The SMILES string of the molecule is COc1ccc(/C=N\NC(=O)c2cn[nH]c2-c2cccs2)cc1OCc1ccccc1. The van der Waals surface area contributed by atoms with Gasteiger partial charge in [-0.05, 0) is 40.8 Å². The molecule has 8 heteroatoms. The Morgan fingerprint density at radius 3 is 2.81 bits per heavy atom. The molecule has 2 heterocycles. The van der Waals surface area contributed by atoms with Crippen molar-refractivity contribution in [2.75, 3.05) is 7.11 Å². The van der Waals surface area contributed by atoms with Crippen molar-refractivity contribution in [1.82, 2.24) is 15.6 Å². The highest BCUT2D eigenvalue weighted by molar-refractivity contribution is 7.13. The lowest BCUT2D eigenvalue weighted by molar-refractivity contribution is 0.0956. The van der Waals surface area contributed by atoms with E-state index in [2.05, 4.69) is 20.7 Å². The second-order valence-electron chi connectivity index (χ2n) is 6.52. The normalized spacial score (nSPS) is 10.9. The molecule has 0 bridgehead atoms. The molecular formula is C23H20N4O3S. The zero-order chi connectivity index (χ0) is 21.5. The third-order valence-corrected chi connectivity index (χ3v) is 5.34. The van der Waals surface area contributed by atoms with E-state index in [4.69, 9.17) is 9.47 Å². The van der Waals surface area contributed by atoms with Gasteiger partial charge < -0.3 is 9.47 Å². The molecule has 0 atom stereocenters. The molecular weight excluding hydrogens is 412 g/mol. The topological polar surface area (TPSA) is 88.6 Å². The van der Waals surface area contributed by atoms with Crippen LogP contribution in [0.1, 0.15) is 21.5 Å². The van der Waals surface area contributed by atoms with Crippen LogP contribution >= 0.6 is 11.3 Å². The van der Waals surface area contributed by atoms with Gasteiger partial charge >= 0.3 is 0 Å². The summed E-state index contributed by atoms with van der Waals surface area (Å²) in [5.74, 6) is 0.870. The lowest BCUT2D eigenvalue weighted by atomic mass is 10.2. The molecule has 0 aliphatic carbocycles. The number of hydrazone groups is 1. The summed E-state index contributed by atoms with van der Waals surface area (Å²) < 4.78 is 11.3. The second kappa shape index (κ2) is 9.73. The number of ether oxygens (including phenoxy) is 2. The predicted molar refractivity (Wildman–Crippen MR) is 121 cm³/mol. The number of aromatic amines is 1. The number of H-pyrrole nitrogens is 1. The summed E-state index contributed by atoms with van der Waals surface area (Å²) in [6, 6.07) is 19.2. The van der Waals surface area contributed by atoms with Crippen LogP contribution in [0.5, 0.6) is 11.5 Å². The summed E-state index contributed by atoms with van der Waals surface area (Å²) in [5.41, 5.74) is 5.46. The van der Waals surface area contributed by atoms with E-state index in [0.29, 0.717) is 29.4 Å². The van der Waals surface area contributed by atoms with Gasteiger partial charge in [0.2, 0.25) is 0 Å². The molecule has 4 aromatic rings. The second-order valence-corrected chi connectivity index (χ2v) is 7.47. The molecule has 2 aromatic carbocycles. The van der Waals surface area contributed by atoms with Crippen LogP contribution in [0.4, 0.5) is 0 Å². The monoisotopic (exact) mass is 432 g/mol. The van der Waals surface area contributed by atoms with Crippen molar-refractivity contribution in [3.8, 4) is 22.1 Å². The number of carbonyl (C=O) groups excluding carboxylic acids is 1. The Kier molecular flexibility index (Phi) is 6.39. The standard InChI is InChI=1S/C23H20N4O3S/c1-29-19-10-9-17(12-20(19)30-15-16-6-3-2-4-7-16)13-24-27-23(28)18-14-25-26-22(18)21-8-5-11-31-21/h2-14H,15H2,1H3,(H,25,26)(H,27,28)/b24-13-. The third kappa shape index (κ3) is 4.99. The lowest BCUT2D eigenvalue weighted by Gasteiger charge is -2.11. The van der Waals surface area contributed by atoms with Crippen molar-refractivity contribution < 1.29 is 14.3 Å². The minimum absolute atomic E-state index is 0.345. The van der Waals surface area contributed by atoms with E-state index in [9.17, 15) is 4.79 Å². The number of nitrogens with one attached hydrogen (secondary N) is 2. The van der Waals surface area contributed by atoms with E-state index in [1.165, 1.54) is 17.5 Å². The number of thiophene rings is 1. The third-order valence-electron chi connectivity index (χ3n) is 4.46. The van der Waals surface area contributed by atoms with Crippen molar-refractivity contribution in [2.45, 2.75) is 6.61 Å². The molecule has 2 N–H and O–H groups in total. The Balaban J connectivity index is 1.43. The van der Waals surface area contributed by atoms with Gasteiger partial charge in [-0.3, -0.25) is 9.89 Å². The Labute approximate surface area is 183 Å². The fraction of sp³-hybridized carbons (Fsp3) is 0.0870. The van der Waals surface area contributed by atoms with Gasteiger partial charge in [-0.25, -0.2) is 5.43 Å². The van der Waals surface area contributed by atoms with Crippen molar-refractivity contribution in [1.29, 1.82) is 0 Å². The maximum absolute atomic E-state index is 12.5. The average molecular weight is 433 g/mol. The van der Waals surface area contributed by atoms with E-state index in [0.717, 1.165) is 16.0 Å². The Hall–Kier alpha value is -3.91. The molecule has 0 unspecified atom stereocenters. The molecule has 156 valence electrons. The van der Waals surface area contributed by atoms with Crippen molar-refractivity contribution in [2.24, 2.45) is 5.10 Å². The summed E-state index contributed by atoms with van der Waals surface area (Å²) in [5, 5.41) is 12.9. The molecule has 31 heavy (non-hydrogen) atoms. The first kappa shape index (κ1) is 20.4. The molecule has 0 aliphatic rings. The molecule has 0 fully saturated rings. The number of rotatable bonds is 8. The number of nitrogens with zero attached hydrogens (tertiary/aromatic N) is 2. The quantitative estimate of drug-likeness (QED) is 0.317. The first-order valence-electron chi connectivity index (χ1n) is 9.50. The van der Waals surface area contributed by atoms with Gasteiger partial charge in [0.15, 0.2) is 11.5 Å². The number of hydrogen-bond donors (Lipinski definition) is 2. The summed E-state index contributed by atoms with van der Waals surface area (Å²) in [6.45, 7) is 0.417. The predicted octanol–water partition coefficient (Wildman–Crippen LogP) is 4.49. The van der Waals surface area contributed by atoms with Gasteiger partial charge in [-0.15, -0.1) is 11.3 Å². The number of hydrogen-bond acceptors (Lipinski definition) is 6. The summed E-state index contributed by atoms with van der Waals surface area (Å²) >= 11 is 1.53. The Morgan fingerprint density at radius 1 is 1.16 bits per heavy atom. The Bertz CT molecular complexity index is 1170.